The van der Waals surface area contributed by atoms with Crippen molar-refractivity contribution in [2.45, 2.75) is 37.6 Å². The number of aliphatic hydroxyl groups excluding tert-OH is 3. The summed E-state index contributed by atoms with van der Waals surface area (Å²) in [5.74, 6) is -0.455. The summed E-state index contributed by atoms with van der Waals surface area (Å²) in [6.07, 6.45) is -2.38. The molecule has 0 bridgehead atoms. The van der Waals surface area contributed by atoms with Gasteiger partial charge in [-0.2, -0.15) is 0 Å². The number of hydrogen-bond donors (Lipinski definition) is 4. The van der Waals surface area contributed by atoms with Gasteiger partial charge in [0.15, 0.2) is 11.5 Å². The number of amides is 1. The van der Waals surface area contributed by atoms with Gasteiger partial charge in [0, 0.05) is 13.0 Å². The summed E-state index contributed by atoms with van der Waals surface area (Å²) >= 11 is 0. The summed E-state index contributed by atoms with van der Waals surface area (Å²) < 4.78 is 21.2. The predicted octanol–water partition coefficient (Wildman–Crippen LogP) is -0.796. The van der Waals surface area contributed by atoms with Gasteiger partial charge in [-0.1, -0.05) is 6.07 Å². The average Bonchev–Trinajstić information content (AvgIpc) is 2.71. The lowest BCUT2D eigenvalue weighted by molar-refractivity contribution is -0.244. The fraction of sp³-hybridized carbons (Fsp3) is 0.474. The highest BCUT2D eigenvalue weighted by atomic mass is 16.7. The van der Waals surface area contributed by atoms with Crippen LogP contribution < -0.4 is 14.8 Å². The number of hydrogen-bond acceptors (Lipinski definition) is 9. The van der Waals surface area contributed by atoms with Gasteiger partial charge in [0.2, 0.25) is 12.2 Å². The SMILES string of the molecule is COC(=O)/C=C/c1ccc(O[C@@H]2O[C@H](CO)[C@H](O)[C@H](O)[C@@H]2NC(C)=O)c(OC)c1. The fourth-order valence-electron chi connectivity index (χ4n) is 2.81. The van der Waals surface area contributed by atoms with E-state index in [0.29, 0.717) is 11.3 Å². The maximum atomic E-state index is 11.5. The predicted molar refractivity (Wildman–Crippen MR) is 100 cm³/mol. The standard InChI is InChI=1S/C19H25NO9/c1-10(22)20-16-18(25)17(24)14(9-21)29-19(16)28-12-6-4-11(8-13(12)26-2)5-7-15(23)27-3/h4-8,14,16-19,21,24-25H,9H2,1-3H3,(H,20,22)/b7-5+/t14-,16+,17+,18-,19-/m1/s1. The van der Waals surface area contributed by atoms with Crippen molar-refractivity contribution in [3.05, 3.63) is 29.8 Å². The number of carbonyl (C=O) groups is 2. The first-order chi connectivity index (χ1) is 13.8. The molecule has 2 rings (SSSR count). The molecule has 10 heteroatoms. The molecule has 0 spiro atoms. The minimum Gasteiger partial charge on any atom is -0.493 e. The Kier molecular flexibility index (Phi) is 7.97. The van der Waals surface area contributed by atoms with E-state index in [-0.39, 0.29) is 5.75 Å². The molecule has 1 heterocycles. The van der Waals surface area contributed by atoms with Gasteiger partial charge >= 0.3 is 5.97 Å². The second-order valence-corrected chi connectivity index (χ2v) is 6.32. The van der Waals surface area contributed by atoms with Gasteiger partial charge in [0.1, 0.15) is 24.4 Å². The first kappa shape index (κ1) is 22.6. The Morgan fingerprint density at radius 2 is 1.93 bits per heavy atom. The quantitative estimate of drug-likeness (QED) is 0.335. The van der Waals surface area contributed by atoms with Crippen molar-refractivity contribution in [3.8, 4) is 11.5 Å². The molecule has 0 radical (unpaired) electrons. The van der Waals surface area contributed by atoms with E-state index in [1.165, 1.54) is 33.3 Å². The van der Waals surface area contributed by atoms with E-state index in [9.17, 15) is 24.9 Å². The number of carbonyl (C=O) groups excluding carboxylic acids is 2. The van der Waals surface area contributed by atoms with Gasteiger partial charge < -0.3 is 39.6 Å². The number of methoxy groups -OCH3 is 2. The topological polar surface area (TPSA) is 144 Å². The number of rotatable bonds is 7. The zero-order valence-corrected chi connectivity index (χ0v) is 16.3. The van der Waals surface area contributed by atoms with Crippen LogP contribution >= 0.6 is 0 Å². The summed E-state index contributed by atoms with van der Waals surface area (Å²) in [5.41, 5.74) is 0.631. The molecule has 0 unspecified atom stereocenters. The van der Waals surface area contributed by atoms with E-state index in [0.717, 1.165) is 0 Å². The van der Waals surface area contributed by atoms with Crippen LogP contribution in [0.25, 0.3) is 6.08 Å². The molecular weight excluding hydrogens is 386 g/mol. The zero-order chi connectivity index (χ0) is 21.6. The molecule has 4 N–H and O–H groups in total. The van der Waals surface area contributed by atoms with E-state index in [2.05, 4.69) is 10.1 Å². The molecule has 5 atom stereocenters. The molecule has 1 aromatic carbocycles. The van der Waals surface area contributed by atoms with Crippen molar-refractivity contribution in [2.75, 3.05) is 20.8 Å². The van der Waals surface area contributed by atoms with Gasteiger partial charge in [-0.15, -0.1) is 0 Å². The number of benzene rings is 1. The van der Waals surface area contributed by atoms with Crippen molar-refractivity contribution >= 4 is 18.0 Å². The molecule has 160 valence electrons. The number of esters is 1. The normalized spacial score (nSPS) is 26.8. The first-order valence-electron chi connectivity index (χ1n) is 8.81. The van der Waals surface area contributed by atoms with E-state index >= 15 is 0 Å². The van der Waals surface area contributed by atoms with Crippen LogP contribution in [0, 0.1) is 0 Å². The van der Waals surface area contributed by atoms with Crippen LogP contribution in [-0.4, -0.2) is 78.7 Å². The van der Waals surface area contributed by atoms with Crippen molar-refractivity contribution in [2.24, 2.45) is 0 Å². The van der Waals surface area contributed by atoms with Crippen LogP contribution in [0.4, 0.5) is 0 Å². The summed E-state index contributed by atoms with van der Waals surface area (Å²) in [4.78, 5) is 22.7. The first-order valence-corrected chi connectivity index (χ1v) is 8.81. The summed E-state index contributed by atoms with van der Waals surface area (Å²) in [6, 6.07) is 3.70. The molecule has 10 nitrogen and oxygen atoms in total. The summed E-state index contributed by atoms with van der Waals surface area (Å²) in [6.45, 7) is 0.691. The van der Waals surface area contributed by atoms with E-state index in [4.69, 9.17) is 14.2 Å². The smallest absolute Gasteiger partial charge is 0.330 e. The van der Waals surface area contributed by atoms with Crippen LogP contribution in [0.15, 0.2) is 24.3 Å². The third kappa shape index (κ3) is 5.67. The Morgan fingerprint density at radius 1 is 1.21 bits per heavy atom. The zero-order valence-electron chi connectivity index (χ0n) is 16.3. The minimum atomic E-state index is -1.43. The Hall–Kier alpha value is -2.66. The van der Waals surface area contributed by atoms with Crippen LogP contribution in [0.1, 0.15) is 12.5 Å². The van der Waals surface area contributed by atoms with Crippen molar-refractivity contribution in [3.63, 3.8) is 0 Å². The molecule has 1 amide bonds. The molecule has 0 aliphatic carbocycles. The highest BCUT2D eigenvalue weighted by Crippen LogP contribution is 2.32. The second kappa shape index (κ2) is 10.2. The lowest BCUT2D eigenvalue weighted by atomic mass is 9.97. The van der Waals surface area contributed by atoms with Gasteiger partial charge in [-0.25, -0.2) is 4.79 Å². The number of ether oxygens (including phenoxy) is 4. The summed E-state index contributed by atoms with van der Waals surface area (Å²) in [7, 11) is 2.68. The molecule has 1 saturated heterocycles. The van der Waals surface area contributed by atoms with Gasteiger partial charge in [-0.3, -0.25) is 4.79 Å². The lowest BCUT2D eigenvalue weighted by Gasteiger charge is -2.42. The maximum Gasteiger partial charge on any atom is 0.330 e. The third-order valence-corrected chi connectivity index (χ3v) is 4.29. The van der Waals surface area contributed by atoms with E-state index < -0.39 is 49.1 Å². The summed E-state index contributed by atoms with van der Waals surface area (Å²) in [5, 5.41) is 32.3. The van der Waals surface area contributed by atoms with Crippen molar-refractivity contribution < 1.29 is 43.9 Å². The number of nitrogens with one attached hydrogen (secondary N) is 1. The van der Waals surface area contributed by atoms with Gasteiger partial charge in [0.05, 0.1) is 20.8 Å². The molecule has 0 saturated carbocycles. The Bertz CT molecular complexity index is 751. The second-order valence-electron chi connectivity index (χ2n) is 6.32. The Morgan fingerprint density at radius 3 is 2.52 bits per heavy atom. The van der Waals surface area contributed by atoms with Crippen LogP contribution in [-0.2, 0) is 19.1 Å². The van der Waals surface area contributed by atoms with Crippen molar-refractivity contribution in [1.82, 2.24) is 5.32 Å². The fourth-order valence-corrected chi connectivity index (χ4v) is 2.81. The van der Waals surface area contributed by atoms with Gasteiger partial charge in [0.25, 0.3) is 0 Å². The molecule has 1 fully saturated rings. The Balaban J connectivity index is 2.27. The van der Waals surface area contributed by atoms with Crippen LogP contribution in [0.3, 0.4) is 0 Å². The highest BCUT2D eigenvalue weighted by Gasteiger charge is 2.46. The number of aliphatic hydroxyl groups is 3. The molecule has 1 aliphatic heterocycles. The van der Waals surface area contributed by atoms with Crippen molar-refractivity contribution in [1.29, 1.82) is 0 Å². The molecule has 1 aromatic rings. The third-order valence-electron chi connectivity index (χ3n) is 4.29. The minimum absolute atomic E-state index is 0.225. The molecular formula is C19H25NO9. The molecule has 1 aliphatic rings. The van der Waals surface area contributed by atoms with E-state index in [1.807, 2.05) is 0 Å². The van der Waals surface area contributed by atoms with Crippen LogP contribution in [0.5, 0.6) is 11.5 Å². The Labute approximate surface area is 167 Å². The van der Waals surface area contributed by atoms with Crippen LogP contribution in [0.2, 0.25) is 0 Å². The highest BCUT2D eigenvalue weighted by molar-refractivity contribution is 5.87. The molecule has 29 heavy (non-hydrogen) atoms. The largest absolute Gasteiger partial charge is 0.493 e. The monoisotopic (exact) mass is 411 g/mol. The lowest BCUT2D eigenvalue weighted by Crippen LogP contribution is -2.65. The molecule has 0 aromatic heterocycles. The van der Waals surface area contributed by atoms with E-state index in [1.54, 1.807) is 18.2 Å². The van der Waals surface area contributed by atoms with Gasteiger partial charge in [-0.05, 0) is 23.8 Å². The average molecular weight is 411 g/mol. The maximum absolute atomic E-state index is 11.5.